The van der Waals surface area contributed by atoms with Gasteiger partial charge in [0, 0.05) is 53.8 Å². The summed E-state index contributed by atoms with van der Waals surface area (Å²) in [6, 6.07) is 21.2. The lowest BCUT2D eigenvalue weighted by Crippen LogP contribution is -2.56. The summed E-state index contributed by atoms with van der Waals surface area (Å²) in [7, 11) is 1.92. The maximum atomic E-state index is 11.8. The second kappa shape index (κ2) is 10.7. The van der Waals surface area contributed by atoms with Gasteiger partial charge in [0.25, 0.3) is 0 Å². The van der Waals surface area contributed by atoms with E-state index in [2.05, 4.69) is 27.1 Å². The molecule has 192 valence electrons. The van der Waals surface area contributed by atoms with Crippen LogP contribution < -0.4 is 21.3 Å². The highest BCUT2D eigenvalue weighted by Gasteiger charge is 2.28. The predicted molar refractivity (Wildman–Crippen MR) is 151 cm³/mol. The molecular weight excluding hydrogens is 478 g/mol. The van der Waals surface area contributed by atoms with Crippen molar-refractivity contribution >= 4 is 45.7 Å². The number of carbonyl (C=O) groups is 2. The van der Waals surface area contributed by atoms with E-state index < -0.39 is 0 Å². The minimum Gasteiger partial charge on any atom is -0.368 e. The van der Waals surface area contributed by atoms with Crippen molar-refractivity contribution in [2.75, 3.05) is 42.2 Å². The average molecular weight is 508 g/mol. The molecule has 0 aliphatic carbocycles. The number of para-hydroxylation sites is 1. The second-order valence-corrected chi connectivity index (χ2v) is 9.23. The Bertz CT molecular complexity index is 1500. The maximum Gasteiger partial charge on any atom is 0.247 e. The third-order valence-electron chi connectivity index (χ3n) is 6.70. The fourth-order valence-corrected chi connectivity index (χ4v) is 4.61. The van der Waals surface area contributed by atoms with E-state index in [4.69, 9.17) is 10.7 Å². The van der Waals surface area contributed by atoms with Gasteiger partial charge in [0.1, 0.15) is 6.04 Å². The molecule has 9 nitrogen and oxygen atoms in total. The number of nitrogens with zero attached hydrogens (tertiary/aromatic N) is 4. The number of aromatic nitrogens is 2. The van der Waals surface area contributed by atoms with Crippen LogP contribution in [0.5, 0.6) is 0 Å². The summed E-state index contributed by atoms with van der Waals surface area (Å²) in [4.78, 5) is 37.0. The first-order chi connectivity index (χ1) is 18.4. The van der Waals surface area contributed by atoms with Crippen molar-refractivity contribution in [2.45, 2.75) is 6.04 Å². The van der Waals surface area contributed by atoms with E-state index in [1.807, 2.05) is 78.7 Å². The monoisotopic (exact) mass is 507 g/mol. The Morgan fingerprint density at radius 2 is 1.84 bits per heavy atom. The lowest BCUT2D eigenvalue weighted by atomic mass is 10.0. The molecule has 0 radical (unpaired) electrons. The number of nitrogens with one attached hydrogen (secondary N) is 2. The SMILES string of the molecule is C=CC(=O)Nc1cccc(-c2cccc3cnc(Nc4ccc(N5CCN(C)C(C(N)=O)C5)cc4)nc23)c1. The van der Waals surface area contributed by atoms with E-state index in [0.717, 1.165) is 46.5 Å². The van der Waals surface area contributed by atoms with Gasteiger partial charge in [-0.2, -0.15) is 0 Å². The minimum atomic E-state index is -0.309. The zero-order chi connectivity index (χ0) is 26.6. The van der Waals surface area contributed by atoms with Gasteiger partial charge in [0.15, 0.2) is 0 Å². The van der Waals surface area contributed by atoms with Crippen LogP contribution in [-0.4, -0.2) is 59.4 Å². The molecule has 1 aliphatic heterocycles. The van der Waals surface area contributed by atoms with Gasteiger partial charge < -0.3 is 21.3 Å². The lowest BCUT2D eigenvalue weighted by molar-refractivity contribution is -0.122. The summed E-state index contributed by atoms with van der Waals surface area (Å²) < 4.78 is 0. The Hall–Kier alpha value is -4.76. The number of amides is 2. The summed E-state index contributed by atoms with van der Waals surface area (Å²) in [5, 5.41) is 7.00. The van der Waals surface area contributed by atoms with Crippen LogP contribution in [0.3, 0.4) is 0 Å². The predicted octanol–water partition coefficient (Wildman–Crippen LogP) is 3.77. The molecule has 3 aromatic carbocycles. The van der Waals surface area contributed by atoms with Crippen LogP contribution >= 0.6 is 0 Å². The first-order valence-electron chi connectivity index (χ1n) is 12.3. The van der Waals surface area contributed by atoms with Crippen molar-refractivity contribution in [1.29, 1.82) is 0 Å². The topological polar surface area (TPSA) is 116 Å². The highest BCUT2D eigenvalue weighted by atomic mass is 16.2. The van der Waals surface area contributed by atoms with E-state index in [-0.39, 0.29) is 17.9 Å². The van der Waals surface area contributed by atoms with Gasteiger partial charge in [-0.25, -0.2) is 9.97 Å². The summed E-state index contributed by atoms with van der Waals surface area (Å²) in [6.07, 6.45) is 3.03. The first kappa shape index (κ1) is 24.9. The average Bonchev–Trinajstić information content (AvgIpc) is 2.93. The van der Waals surface area contributed by atoms with Crippen LogP contribution in [0.15, 0.2) is 85.6 Å². The Labute approximate surface area is 221 Å². The number of anilines is 4. The molecule has 0 bridgehead atoms. The number of piperazine rings is 1. The van der Waals surface area contributed by atoms with Gasteiger partial charge >= 0.3 is 0 Å². The number of nitrogens with two attached hydrogens (primary N) is 1. The smallest absolute Gasteiger partial charge is 0.247 e. The highest BCUT2D eigenvalue weighted by molar-refractivity contribution is 6.00. The largest absolute Gasteiger partial charge is 0.368 e. The van der Waals surface area contributed by atoms with Gasteiger partial charge in [-0.3, -0.25) is 14.5 Å². The normalized spacial score (nSPS) is 15.7. The third kappa shape index (κ3) is 5.33. The van der Waals surface area contributed by atoms with Gasteiger partial charge in [0.05, 0.1) is 5.52 Å². The number of likely N-dealkylation sites (N-methyl/N-ethyl adjacent to an activating group) is 1. The Balaban J connectivity index is 1.37. The van der Waals surface area contributed by atoms with Crippen LogP contribution in [0.4, 0.5) is 23.0 Å². The number of hydrogen-bond donors (Lipinski definition) is 3. The molecule has 1 fully saturated rings. The fraction of sp³-hybridized carbons (Fsp3) is 0.172. The maximum absolute atomic E-state index is 11.8. The van der Waals surface area contributed by atoms with E-state index in [1.165, 1.54) is 6.08 Å². The Morgan fingerprint density at radius 1 is 1.05 bits per heavy atom. The molecular formula is C29H29N7O2. The number of carbonyl (C=O) groups excluding carboxylic acids is 2. The zero-order valence-corrected chi connectivity index (χ0v) is 21.1. The van der Waals surface area contributed by atoms with Gasteiger partial charge in [0.2, 0.25) is 17.8 Å². The molecule has 4 aromatic rings. The summed E-state index contributed by atoms with van der Waals surface area (Å²) >= 11 is 0. The van der Waals surface area contributed by atoms with Gasteiger partial charge in [-0.05, 0) is 55.1 Å². The van der Waals surface area contributed by atoms with E-state index >= 15 is 0 Å². The molecule has 9 heteroatoms. The van der Waals surface area contributed by atoms with E-state index in [9.17, 15) is 9.59 Å². The molecule has 1 unspecified atom stereocenters. The molecule has 1 aromatic heterocycles. The molecule has 1 aliphatic rings. The molecule has 0 saturated carbocycles. The fourth-order valence-electron chi connectivity index (χ4n) is 4.61. The van der Waals surface area contributed by atoms with E-state index in [0.29, 0.717) is 18.2 Å². The number of primary amides is 1. The molecule has 2 amide bonds. The van der Waals surface area contributed by atoms with Crippen molar-refractivity contribution in [3.8, 4) is 11.1 Å². The van der Waals surface area contributed by atoms with E-state index in [1.54, 1.807) is 6.20 Å². The number of fused-ring (bicyclic) bond motifs is 1. The number of rotatable bonds is 7. The summed E-state index contributed by atoms with van der Waals surface area (Å²) in [6.45, 7) is 5.66. The van der Waals surface area contributed by atoms with Gasteiger partial charge in [-0.15, -0.1) is 0 Å². The second-order valence-electron chi connectivity index (χ2n) is 9.23. The highest BCUT2D eigenvalue weighted by Crippen LogP contribution is 2.30. The van der Waals surface area contributed by atoms with Crippen LogP contribution in [0.2, 0.25) is 0 Å². The zero-order valence-electron chi connectivity index (χ0n) is 21.1. The Morgan fingerprint density at radius 3 is 2.61 bits per heavy atom. The van der Waals surface area contributed by atoms with Crippen LogP contribution in [0, 0.1) is 0 Å². The Kier molecular flexibility index (Phi) is 7.01. The van der Waals surface area contributed by atoms with Crippen LogP contribution in [0.25, 0.3) is 22.0 Å². The molecule has 1 saturated heterocycles. The first-order valence-corrected chi connectivity index (χ1v) is 12.3. The molecule has 0 spiro atoms. The lowest BCUT2D eigenvalue weighted by Gasteiger charge is -2.39. The third-order valence-corrected chi connectivity index (χ3v) is 6.70. The van der Waals surface area contributed by atoms with Crippen molar-refractivity contribution in [1.82, 2.24) is 14.9 Å². The molecule has 38 heavy (non-hydrogen) atoms. The standard InChI is InChI=1S/C29H29N7O2/c1-3-26(37)32-22-8-4-6-19(16-22)24-9-5-7-20-17-31-29(34-27(20)24)33-21-10-12-23(13-11-21)36-15-14-35(2)25(18-36)28(30)38/h3-13,16-17,25H,1,14-15,18H2,2H3,(H2,30,38)(H,32,37)(H,31,33,34). The number of hydrogen-bond acceptors (Lipinski definition) is 7. The molecule has 5 rings (SSSR count). The number of benzene rings is 3. The molecule has 4 N–H and O–H groups in total. The summed E-state index contributed by atoms with van der Waals surface area (Å²) in [5.41, 5.74) is 10.8. The molecule has 2 heterocycles. The quantitative estimate of drug-likeness (QED) is 0.326. The van der Waals surface area contributed by atoms with Crippen molar-refractivity contribution in [3.05, 3.63) is 85.6 Å². The van der Waals surface area contributed by atoms with Crippen molar-refractivity contribution in [2.24, 2.45) is 5.73 Å². The summed E-state index contributed by atoms with van der Waals surface area (Å²) in [5.74, 6) is -0.0982. The van der Waals surface area contributed by atoms with Crippen molar-refractivity contribution < 1.29 is 9.59 Å². The minimum absolute atomic E-state index is 0.264. The van der Waals surface area contributed by atoms with Crippen LogP contribution in [-0.2, 0) is 9.59 Å². The van der Waals surface area contributed by atoms with Crippen molar-refractivity contribution in [3.63, 3.8) is 0 Å². The van der Waals surface area contributed by atoms with Crippen LogP contribution in [0.1, 0.15) is 0 Å². The van der Waals surface area contributed by atoms with Gasteiger partial charge in [-0.1, -0.05) is 36.9 Å². The molecule has 1 atom stereocenters.